The van der Waals surface area contributed by atoms with E-state index >= 15 is 0 Å². The van der Waals surface area contributed by atoms with Crippen molar-refractivity contribution in [1.82, 2.24) is 19.2 Å². The molecule has 0 saturated heterocycles. The quantitative estimate of drug-likeness (QED) is 0.291. The van der Waals surface area contributed by atoms with Crippen LogP contribution in [0.2, 0.25) is 0 Å². The lowest BCUT2D eigenvalue weighted by Crippen LogP contribution is -2.38. The highest BCUT2D eigenvalue weighted by atomic mass is 19.1. The van der Waals surface area contributed by atoms with E-state index in [0.717, 1.165) is 34.0 Å². The number of ether oxygens (including phenoxy) is 1. The van der Waals surface area contributed by atoms with Gasteiger partial charge in [0.05, 0.1) is 42.5 Å². The Hall–Kier alpha value is -4.85. The van der Waals surface area contributed by atoms with Crippen molar-refractivity contribution in [2.75, 3.05) is 12.4 Å². The summed E-state index contributed by atoms with van der Waals surface area (Å²) in [6.07, 6.45) is 1.96. The van der Waals surface area contributed by atoms with Crippen LogP contribution in [0.5, 0.6) is 5.75 Å². The van der Waals surface area contributed by atoms with Crippen LogP contribution in [0.3, 0.4) is 0 Å². The summed E-state index contributed by atoms with van der Waals surface area (Å²) in [7, 11) is 1.57. The van der Waals surface area contributed by atoms with Gasteiger partial charge >= 0.3 is 6.03 Å². The number of hydrogen-bond donors (Lipinski definition) is 1. The molecule has 0 spiro atoms. The van der Waals surface area contributed by atoms with Gasteiger partial charge in [0.15, 0.2) is 0 Å². The van der Waals surface area contributed by atoms with Gasteiger partial charge in [-0.15, -0.1) is 0 Å². The highest BCUT2D eigenvalue weighted by molar-refractivity contribution is 5.92. The van der Waals surface area contributed by atoms with E-state index in [1.165, 1.54) is 12.1 Å². The number of aryl methyl sites for hydroxylation is 2. The molecular formula is C31H28FN5O2. The molecule has 2 aromatic heterocycles. The number of rotatable bonds is 4. The fourth-order valence-corrected chi connectivity index (χ4v) is 5.28. The fraction of sp³-hybridized carbons (Fsp3) is 0.161. The molecule has 1 N–H and O–H groups in total. The lowest BCUT2D eigenvalue weighted by molar-refractivity contribution is 0.194. The Bertz CT molecular complexity index is 1670. The average Bonchev–Trinajstić information content (AvgIpc) is 3.49. The van der Waals surface area contributed by atoms with Crippen LogP contribution < -0.4 is 10.1 Å². The monoisotopic (exact) mass is 521 g/mol. The first-order valence-electron chi connectivity index (χ1n) is 12.7. The van der Waals surface area contributed by atoms with Gasteiger partial charge in [0.25, 0.3) is 0 Å². The second kappa shape index (κ2) is 9.79. The molecule has 0 fully saturated rings. The standard InChI is InChI=1S/C31H28FN5O2/c1-20-14-15-28(39-3)26(17-20)33-31(38)36-19-25-21(2)34-37(24-11-5-4-6-12-24)30(25)35-16-8-13-27(35)29(36)22-9-7-10-23(32)18-22/h4-18,29H,19H2,1-3H3,(H,33,38)/t29-/m0/s1. The summed E-state index contributed by atoms with van der Waals surface area (Å²) in [5.41, 5.74) is 5.66. The Labute approximate surface area is 226 Å². The Morgan fingerprint density at radius 1 is 1.00 bits per heavy atom. The molecule has 0 aliphatic carbocycles. The third-order valence-corrected chi connectivity index (χ3v) is 7.11. The van der Waals surface area contributed by atoms with E-state index < -0.39 is 6.04 Å². The summed E-state index contributed by atoms with van der Waals surface area (Å²) in [4.78, 5) is 15.9. The van der Waals surface area contributed by atoms with Crippen molar-refractivity contribution in [2.24, 2.45) is 0 Å². The maximum atomic E-state index is 14.5. The van der Waals surface area contributed by atoms with Crippen molar-refractivity contribution in [3.63, 3.8) is 0 Å². The van der Waals surface area contributed by atoms with Crippen molar-refractivity contribution in [2.45, 2.75) is 26.4 Å². The first-order valence-corrected chi connectivity index (χ1v) is 12.7. The summed E-state index contributed by atoms with van der Waals surface area (Å²) in [6.45, 7) is 4.16. The molecule has 1 aliphatic rings. The third kappa shape index (κ3) is 4.33. The van der Waals surface area contributed by atoms with Crippen molar-refractivity contribution < 1.29 is 13.9 Å². The zero-order valence-electron chi connectivity index (χ0n) is 21.9. The van der Waals surface area contributed by atoms with Crippen LogP contribution in [0, 0.1) is 19.7 Å². The minimum Gasteiger partial charge on any atom is -0.495 e. The molecule has 2 amide bonds. The molecule has 6 rings (SSSR count). The van der Waals surface area contributed by atoms with Crippen LogP contribution in [0.15, 0.2) is 91.1 Å². The van der Waals surface area contributed by atoms with Gasteiger partial charge in [0.1, 0.15) is 17.4 Å². The highest BCUT2D eigenvalue weighted by Crippen LogP contribution is 2.39. The van der Waals surface area contributed by atoms with Gasteiger partial charge in [0.2, 0.25) is 0 Å². The van der Waals surface area contributed by atoms with E-state index in [9.17, 15) is 9.18 Å². The van der Waals surface area contributed by atoms with E-state index in [4.69, 9.17) is 9.84 Å². The van der Waals surface area contributed by atoms with Crippen LogP contribution >= 0.6 is 0 Å². The second-order valence-electron chi connectivity index (χ2n) is 9.66. The molecule has 1 atom stereocenters. The zero-order valence-corrected chi connectivity index (χ0v) is 21.9. The molecule has 3 aromatic carbocycles. The first-order chi connectivity index (χ1) is 18.9. The Morgan fingerprint density at radius 2 is 1.82 bits per heavy atom. The first kappa shape index (κ1) is 24.5. The number of benzene rings is 3. The second-order valence-corrected chi connectivity index (χ2v) is 9.66. The third-order valence-electron chi connectivity index (χ3n) is 7.11. The lowest BCUT2D eigenvalue weighted by atomic mass is 10.0. The minimum absolute atomic E-state index is 0.261. The largest absolute Gasteiger partial charge is 0.495 e. The predicted molar refractivity (Wildman–Crippen MR) is 148 cm³/mol. The van der Waals surface area contributed by atoms with Crippen LogP contribution in [0.4, 0.5) is 14.9 Å². The predicted octanol–water partition coefficient (Wildman–Crippen LogP) is 6.56. The van der Waals surface area contributed by atoms with Gasteiger partial charge in [-0.3, -0.25) is 0 Å². The molecule has 8 heteroatoms. The van der Waals surface area contributed by atoms with Crippen LogP contribution in [-0.4, -0.2) is 32.4 Å². The molecule has 7 nitrogen and oxygen atoms in total. The van der Waals surface area contributed by atoms with Crippen LogP contribution in [-0.2, 0) is 6.54 Å². The summed E-state index contributed by atoms with van der Waals surface area (Å²) in [5.74, 6) is 1.05. The van der Waals surface area contributed by atoms with Crippen molar-refractivity contribution in [1.29, 1.82) is 0 Å². The number of amides is 2. The molecule has 3 heterocycles. The molecule has 196 valence electrons. The van der Waals surface area contributed by atoms with Crippen molar-refractivity contribution in [3.05, 3.63) is 125 Å². The van der Waals surface area contributed by atoms with Crippen molar-refractivity contribution in [3.8, 4) is 17.3 Å². The van der Waals surface area contributed by atoms with Crippen molar-refractivity contribution >= 4 is 11.7 Å². The molecule has 0 saturated carbocycles. The SMILES string of the molecule is COc1ccc(C)cc1NC(=O)N1Cc2c(C)nn(-c3ccccc3)c2-n2cccc2[C@@H]1c1cccc(F)c1. The maximum absolute atomic E-state index is 14.5. The summed E-state index contributed by atoms with van der Waals surface area (Å²) < 4.78 is 24.0. The number of anilines is 1. The van der Waals surface area contributed by atoms with Gasteiger partial charge in [-0.25, -0.2) is 13.9 Å². The van der Waals surface area contributed by atoms with E-state index in [2.05, 4.69) is 9.88 Å². The number of nitrogens with zero attached hydrogens (tertiary/aromatic N) is 4. The van der Waals surface area contributed by atoms with Crippen LogP contribution in [0.25, 0.3) is 11.5 Å². The lowest BCUT2D eigenvalue weighted by Gasteiger charge is -2.31. The molecule has 0 bridgehead atoms. The summed E-state index contributed by atoms with van der Waals surface area (Å²) >= 11 is 0. The number of methoxy groups -OCH3 is 1. The number of fused-ring (bicyclic) bond motifs is 3. The number of nitrogens with one attached hydrogen (secondary N) is 1. The summed E-state index contributed by atoms with van der Waals surface area (Å²) in [6, 6.07) is 25.0. The Morgan fingerprint density at radius 3 is 2.59 bits per heavy atom. The summed E-state index contributed by atoms with van der Waals surface area (Å²) in [5, 5.41) is 7.93. The van der Waals surface area contributed by atoms with E-state index in [-0.39, 0.29) is 18.4 Å². The zero-order chi connectivity index (χ0) is 27.1. The fourth-order valence-electron chi connectivity index (χ4n) is 5.28. The molecule has 5 aromatic rings. The molecule has 0 unspecified atom stereocenters. The minimum atomic E-state index is -0.567. The average molecular weight is 522 g/mol. The Balaban J connectivity index is 1.54. The van der Waals surface area contributed by atoms with Gasteiger partial charge in [0, 0.05) is 11.8 Å². The van der Waals surface area contributed by atoms with Gasteiger partial charge in [-0.1, -0.05) is 36.4 Å². The number of carbonyl (C=O) groups is 1. The number of urea groups is 1. The molecular weight excluding hydrogens is 493 g/mol. The van der Waals surface area contributed by atoms with Gasteiger partial charge in [-0.05, 0) is 73.5 Å². The number of para-hydroxylation sites is 1. The Kier molecular flexibility index (Phi) is 6.15. The number of hydrogen-bond acceptors (Lipinski definition) is 3. The number of aromatic nitrogens is 3. The van der Waals surface area contributed by atoms with Gasteiger partial charge < -0.3 is 19.5 Å². The number of carbonyl (C=O) groups excluding carboxylic acids is 1. The normalized spacial score (nSPS) is 14.4. The maximum Gasteiger partial charge on any atom is 0.323 e. The smallest absolute Gasteiger partial charge is 0.323 e. The van der Waals surface area contributed by atoms with E-state index in [0.29, 0.717) is 17.0 Å². The van der Waals surface area contributed by atoms with E-state index in [1.807, 2.05) is 91.5 Å². The topological polar surface area (TPSA) is 64.3 Å². The highest BCUT2D eigenvalue weighted by Gasteiger charge is 2.36. The molecule has 39 heavy (non-hydrogen) atoms. The van der Waals surface area contributed by atoms with E-state index in [1.54, 1.807) is 18.1 Å². The molecule has 1 aliphatic heterocycles. The number of halogens is 1. The molecule has 0 radical (unpaired) electrons. The van der Waals surface area contributed by atoms with Gasteiger partial charge in [-0.2, -0.15) is 5.10 Å². The van der Waals surface area contributed by atoms with Crippen LogP contribution in [0.1, 0.15) is 34.1 Å².